The van der Waals surface area contributed by atoms with E-state index in [1.807, 2.05) is 6.92 Å². The average Bonchev–Trinajstić information content (AvgIpc) is 2.60. The van der Waals surface area contributed by atoms with Crippen LogP contribution in [0.3, 0.4) is 0 Å². The molecule has 0 aromatic rings. The zero-order valence-corrected chi connectivity index (χ0v) is 8.62. The zero-order valence-electron chi connectivity index (χ0n) is 8.62. The Hall–Kier alpha value is -1.06. The van der Waals surface area contributed by atoms with Crippen molar-refractivity contribution in [2.24, 2.45) is 17.8 Å². The molecule has 3 atom stereocenters. The van der Waals surface area contributed by atoms with E-state index in [0.717, 1.165) is 6.42 Å². The first-order valence-electron chi connectivity index (χ1n) is 5.04. The number of hydrogen-bond donors (Lipinski definition) is 2. The summed E-state index contributed by atoms with van der Waals surface area (Å²) in [5.41, 5.74) is 0. The highest BCUT2D eigenvalue weighted by molar-refractivity contribution is 5.85. The van der Waals surface area contributed by atoms with E-state index in [9.17, 15) is 9.59 Å². The Morgan fingerprint density at radius 2 is 1.93 bits per heavy atom. The van der Waals surface area contributed by atoms with Gasteiger partial charge in [0.05, 0.1) is 11.8 Å². The number of carboxylic acid groups (broad SMARTS) is 1. The topological polar surface area (TPSA) is 66.4 Å². The van der Waals surface area contributed by atoms with Crippen LogP contribution in [0.25, 0.3) is 0 Å². The van der Waals surface area contributed by atoms with E-state index >= 15 is 0 Å². The molecule has 1 aliphatic rings. The molecule has 80 valence electrons. The lowest BCUT2D eigenvalue weighted by atomic mass is 9.95. The molecule has 2 N–H and O–H groups in total. The number of rotatable bonds is 3. The normalized spacial score (nSPS) is 31.4. The van der Waals surface area contributed by atoms with E-state index in [1.54, 1.807) is 7.05 Å². The third-order valence-corrected chi connectivity index (χ3v) is 3.14. The molecule has 1 amide bonds. The molecule has 0 heterocycles. The van der Waals surface area contributed by atoms with Gasteiger partial charge in [-0.2, -0.15) is 0 Å². The molecule has 0 aromatic carbocycles. The monoisotopic (exact) mass is 199 g/mol. The maximum atomic E-state index is 11.4. The lowest BCUT2D eigenvalue weighted by molar-refractivity contribution is -0.146. The second kappa shape index (κ2) is 4.44. The molecule has 0 bridgehead atoms. The fourth-order valence-corrected chi connectivity index (χ4v) is 2.22. The number of aliphatic carboxylic acids is 1. The second-order valence-electron chi connectivity index (χ2n) is 3.91. The van der Waals surface area contributed by atoms with Gasteiger partial charge in [-0.3, -0.25) is 9.59 Å². The van der Waals surface area contributed by atoms with Crippen molar-refractivity contribution in [1.82, 2.24) is 5.32 Å². The van der Waals surface area contributed by atoms with Gasteiger partial charge in [0.2, 0.25) is 5.91 Å². The molecule has 0 saturated heterocycles. The highest BCUT2D eigenvalue weighted by atomic mass is 16.4. The van der Waals surface area contributed by atoms with Crippen LogP contribution in [-0.4, -0.2) is 24.0 Å². The molecule has 1 saturated carbocycles. The third-order valence-electron chi connectivity index (χ3n) is 3.14. The number of carbonyl (C=O) groups is 2. The first-order valence-corrected chi connectivity index (χ1v) is 5.04. The summed E-state index contributed by atoms with van der Waals surface area (Å²) >= 11 is 0. The number of amides is 1. The Morgan fingerprint density at radius 1 is 1.36 bits per heavy atom. The standard InChI is InChI=1S/C10H17NO3/c1-3-6-4-7(9(12)11-2)8(5-6)10(13)14/h6-8H,3-5H2,1-2H3,(H,11,12)(H,13,14)/t6?,7-,8+/m0/s1. The molecule has 4 heteroatoms. The third kappa shape index (κ3) is 2.05. The van der Waals surface area contributed by atoms with Crippen molar-refractivity contribution in [1.29, 1.82) is 0 Å². The molecule has 1 unspecified atom stereocenters. The fourth-order valence-electron chi connectivity index (χ4n) is 2.22. The van der Waals surface area contributed by atoms with Crippen LogP contribution in [0.15, 0.2) is 0 Å². The van der Waals surface area contributed by atoms with Crippen molar-refractivity contribution in [3.63, 3.8) is 0 Å². The Kier molecular flexibility index (Phi) is 3.49. The van der Waals surface area contributed by atoms with Crippen molar-refractivity contribution >= 4 is 11.9 Å². The molecule has 4 nitrogen and oxygen atoms in total. The SMILES string of the molecule is CCC1C[C@H](C(=O)NC)[C@H](C(=O)O)C1. The average molecular weight is 199 g/mol. The molecular weight excluding hydrogens is 182 g/mol. The first kappa shape index (κ1) is 11.0. The highest BCUT2D eigenvalue weighted by Crippen LogP contribution is 2.38. The molecule has 0 spiro atoms. The molecule has 0 radical (unpaired) electrons. The van der Waals surface area contributed by atoms with Crippen LogP contribution in [0.1, 0.15) is 26.2 Å². The minimum Gasteiger partial charge on any atom is -0.481 e. The highest BCUT2D eigenvalue weighted by Gasteiger charge is 2.41. The lowest BCUT2D eigenvalue weighted by Gasteiger charge is -2.12. The van der Waals surface area contributed by atoms with Crippen molar-refractivity contribution in [2.75, 3.05) is 7.05 Å². The Bertz CT molecular complexity index is 240. The number of carboxylic acids is 1. The van der Waals surface area contributed by atoms with Gasteiger partial charge in [-0.15, -0.1) is 0 Å². The summed E-state index contributed by atoms with van der Waals surface area (Å²) in [7, 11) is 1.56. The van der Waals surface area contributed by atoms with Crippen LogP contribution in [0.2, 0.25) is 0 Å². The lowest BCUT2D eigenvalue weighted by Crippen LogP contribution is -2.32. The molecule has 1 fully saturated rings. The van der Waals surface area contributed by atoms with Gasteiger partial charge in [0.25, 0.3) is 0 Å². The van der Waals surface area contributed by atoms with Crippen molar-refractivity contribution in [2.45, 2.75) is 26.2 Å². The van der Waals surface area contributed by atoms with Gasteiger partial charge in [0.15, 0.2) is 0 Å². The van der Waals surface area contributed by atoms with E-state index in [2.05, 4.69) is 5.32 Å². The van der Waals surface area contributed by atoms with Crippen molar-refractivity contribution < 1.29 is 14.7 Å². The van der Waals surface area contributed by atoms with Crippen LogP contribution in [0, 0.1) is 17.8 Å². The van der Waals surface area contributed by atoms with E-state index in [4.69, 9.17) is 5.11 Å². The van der Waals surface area contributed by atoms with E-state index in [1.165, 1.54) is 0 Å². The van der Waals surface area contributed by atoms with Gasteiger partial charge < -0.3 is 10.4 Å². The summed E-state index contributed by atoms with van der Waals surface area (Å²) < 4.78 is 0. The number of hydrogen-bond acceptors (Lipinski definition) is 2. The summed E-state index contributed by atoms with van der Waals surface area (Å²) in [6.07, 6.45) is 2.31. The maximum Gasteiger partial charge on any atom is 0.307 e. The van der Waals surface area contributed by atoms with Gasteiger partial charge in [-0.1, -0.05) is 13.3 Å². The van der Waals surface area contributed by atoms with E-state index in [-0.39, 0.29) is 11.8 Å². The molecular formula is C10H17NO3. The molecule has 14 heavy (non-hydrogen) atoms. The summed E-state index contributed by atoms with van der Waals surface area (Å²) in [4.78, 5) is 22.3. The van der Waals surface area contributed by atoms with E-state index < -0.39 is 11.9 Å². The molecule has 0 aliphatic heterocycles. The first-order chi connectivity index (χ1) is 6.60. The molecule has 1 rings (SSSR count). The van der Waals surface area contributed by atoms with Crippen LogP contribution < -0.4 is 5.32 Å². The van der Waals surface area contributed by atoms with Gasteiger partial charge in [-0.25, -0.2) is 0 Å². The predicted molar refractivity (Wildman–Crippen MR) is 51.7 cm³/mol. The summed E-state index contributed by atoms with van der Waals surface area (Å²) in [5, 5.41) is 11.5. The van der Waals surface area contributed by atoms with Gasteiger partial charge in [-0.05, 0) is 18.8 Å². The summed E-state index contributed by atoms with van der Waals surface area (Å²) in [6, 6.07) is 0. The van der Waals surface area contributed by atoms with Gasteiger partial charge >= 0.3 is 5.97 Å². The van der Waals surface area contributed by atoms with Crippen molar-refractivity contribution in [3.8, 4) is 0 Å². The minimum absolute atomic E-state index is 0.131. The number of nitrogens with one attached hydrogen (secondary N) is 1. The predicted octanol–water partition coefficient (Wildman–Crippen LogP) is 0.869. The summed E-state index contributed by atoms with van der Waals surface area (Å²) in [6.45, 7) is 2.04. The minimum atomic E-state index is -0.838. The van der Waals surface area contributed by atoms with Crippen molar-refractivity contribution in [3.05, 3.63) is 0 Å². The van der Waals surface area contributed by atoms with Crippen LogP contribution in [-0.2, 0) is 9.59 Å². The molecule has 0 aromatic heterocycles. The van der Waals surface area contributed by atoms with Gasteiger partial charge in [0.1, 0.15) is 0 Å². The van der Waals surface area contributed by atoms with Crippen LogP contribution in [0.5, 0.6) is 0 Å². The van der Waals surface area contributed by atoms with Gasteiger partial charge in [0, 0.05) is 7.05 Å². The van der Waals surface area contributed by atoms with Crippen LogP contribution in [0.4, 0.5) is 0 Å². The second-order valence-corrected chi connectivity index (χ2v) is 3.91. The quantitative estimate of drug-likeness (QED) is 0.708. The number of carbonyl (C=O) groups excluding carboxylic acids is 1. The maximum absolute atomic E-state index is 11.4. The zero-order chi connectivity index (χ0) is 10.7. The smallest absolute Gasteiger partial charge is 0.307 e. The summed E-state index contributed by atoms with van der Waals surface area (Å²) in [5.74, 6) is -1.40. The fraction of sp³-hybridized carbons (Fsp3) is 0.800. The largest absolute Gasteiger partial charge is 0.481 e. The Labute approximate surface area is 83.7 Å². The van der Waals surface area contributed by atoms with E-state index in [0.29, 0.717) is 18.8 Å². The Morgan fingerprint density at radius 3 is 2.36 bits per heavy atom. The Balaban J connectivity index is 2.71. The molecule has 1 aliphatic carbocycles. The van der Waals surface area contributed by atoms with Crippen LogP contribution >= 0.6 is 0 Å².